The van der Waals surface area contributed by atoms with Crippen molar-refractivity contribution in [3.05, 3.63) is 40.6 Å². The molecule has 0 bridgehead atoms. The molecule has 1 amide bonds. The van der Waals surface area contributed by atoms with E-state index < -0.39 is 0 Å². The van der Waals surface area contributed by atoms with Gasteiger partial charge in [0.05, 0.1) is 16.9 Å². The number of rotatable bonds is 5. The van der Waals surface area contributed by atoms with Gasteiger partial charge in [0, 0.05) is 10.3 Å². The average Bonchev–Trinajstić information content (AvgIpc) is 2.93. The van der Waals surface area contributed by atoms with Gasteiger partial charge in [0.25, 0.3) is 5.91 Å². The van der Waals surface area contributed by atoms with Crippen LogP contribution in [0.3, 0.4) is 0 Å². The number of thioether (sulfide) groups is 1. The molecule has 5 heteroatoms. The van der Waals surface area contributed by atoms with Crippen molar-refractivity contribution >= 4 is 40.4 Å². The molecule has 0 aliphatic heterocycles. The van der Waals surface area contributed by atoms with Gasteiger partial charge in [-0.15, -0.1) is 11.8 Å². The molecule has 19 heavy (non-hydrogen) atoms. The maximum atomic E-state index is 12.0. The molecular formula is C14H16N2OS2. The number of anilines is 2. The third-order valence-electron chi connectivity index (χ3n) is 2.53. The van der Waals surface area contributed by atoms with Gasteiger partial charge >= 0.3 is 0 Å². The molecule has 100 valence electrons. The van der Waals surface area contributed by atoms with Crippen molar-refractivity contribution in [2.24, 2.45) is 0 Å². The largest absolute Gasteiger partial charge is 0.397 e. The van der Waals surface area contributed by atoms with E-state index in [-0.39, 0.29) is 5.91 Å². The topological polar surface area (TPSA) is 55.1 Å². The molecule has 3 N–H and O–H groups in total. The van der Waals surface area contributed by atoms with Crippen LogP contribution in [0.5, 0.6) is 0 Å². The van der Waals surface area contributed by atoms with Gasteiger partial charge < -0.3 is 11.1 Å². The standard InChI is InChI=1S/C14H16N2OS2/c1-2-6-19-11-3-4-12(15)13(8-11)16-14(17)10-5-7-18-9-10/h3-5,7-9H,2,6,15H2,1H3,(H,16,17). The third-order valence-corrected chi connectivity index (χ3v) is 4.41. The predicted molar refractivity (Wildman–Crippen MR) is 84.1 cm³/mol. The Balaban J connectivity index is 2.12. The minimum Gasteiger partial charge on any atom is -0.397 e. The van der Waals surface area contributed by atoms with Crippen LogP contribution >= 0.6 is 23.1 Å². The lowest BCUT2D eigenvalue weighted by atomic mass is 10.2. The number of nitrogens with one attached hydrogen (secondary N) is 1. The number of nitrogens with two attached hydrogens (primary N) is 1. The lowest BCUT2D eigenvalue weighted by Gasteiger charge is -2.09. The van der Waals surface area contributed by atoms with Crippen molar-refractivity contribution < 1.29 is 4.79 Å². The monoisotopic (exact) mass is 292 g/mol. The number of carbonyl (C=O) groups is 1. The van der Waals surface area contributed by atoms with Crippen molar-refractivity contribution in [3.63, 3.8) is 0 Å². The van der Waals surface area contributed by atoms with Gasteiger partial charge in [-0.05, 0) is 41.8 Å². The van der Waals surface area contributed by atoms with E-state index in [9.17, 15) is 4.79 Å². The van der Waals surface area contributed by atoms with Crippen LogP contribution in [0.4, 0.5) is 11.4 Å². The molecule has 0 atom stereocenters. The number of carbonyl (C=O) groups excluding carboxylic acids is 1. The Morgan fingerprint density at radius 2 is 2.26 bits per heavy atom. The van der Waals surface area contributed by atoms with Gasteiger partial charge in [0.15, 0.2) is 0 Å². The van der Waals surface area contributed by atoms with E-state index in [0.29, 0.717) is 16.9 Å². The molecule has 0 fully saturated rings. The molecule has 0 radical (unpaired) electrons. The second-order valence-corrected chi connectivity index (χ2v) is 6.01. The summed E-state index contributed by atoms with van der Waals surface area (Å²) in [4.78, 5) is 13.1. The van der Waals surface area contributed by atoms with Crippen LogP contribution in [0.1, 0.15) is 23.7 Å². The number of benzene rings is 1. The number of hydrogen-bond donors (Lipinski definition) is 2. The molecular weight excluding hydrogens is 276 g/mol. The lowest BCUT2D eigenvalue weighted by molar-refractivity contribution is 0.102. The van der Waals surface area contributed by atoms with Crippen molar-refractivity contribution in [1.82, 2.24) is 0 Å². The van der Waals surface area contributed by atoms with Crippen molar-refractivity contribution in [1.29, 1.82) is 0 Å². The van der Waals surface area contributed by atoms with Crippen LogP contribution in [0.15, 0.2) is 39.9 Å². The van der Waals surface area contributed by atoms with E-state index >= 15 is 0 Å². The summed E-state index contributed by atoms with van der Waals surface area (Å²) in [5.41, 5.74) is 7.83. The van der Waals surface area contributed by atoms with E-state index in [2.05, 4.69) is 12.2 Å². The van der Waals surface area contributed by atoms with E-state index in [1.54, 1.807) is 17.8 Å². The first-order chi connectivity index (χ1) is 9.20. The Kier molecular flexibility index (Phi) is 4.87. The molecule has 0 saturated carbocycles. The zero-order chi connectivity index (χ0) is 13.7. The van der Waals surface area contributed by atoms with Gasteiger partial charge in [-0.2, -0.15) is 11.3 Å². The zero-order valence-corrected chi connectivity index (χ0v) is 12.3. The summed E-state index contributed by atoms with van der Waals surface area (Å²) in [6, 6.07) is 7.54. The van der Waals surface area contributed by atoms with E-state index in [1.165, 1.54) is 11.3 Å². The molecule has 0 unspecified atom stereocenters. The third kappa shape index (κ3) is 3.75. The number of hydrogen-bond acceptors (Lipinski definition) is 4. The molecule has 0 aliphatic carbocycles. The highest BCUT2D eigenvalue weighted by Gasteiger charge is 2.09. The molecule has 1 aromatic carbocycles. The highest BCUT2D eigenvalue weighted by Crippen LogP contribution is 2.27. The van der Waals surface area contributed by atoms with Gasteiger partial charge in [-0.25, -0.2) is 0 Å². The minimum absolute atomic E-state index is 0.120. The van der Waals surface area contributed by atoms with E-state index in [0.717, 1.165) is 17.1 Å². The van der Waals surface area contributed by atoms with Crippen LogP contribution in [0, 0.1) is 0 Å². The Morgan fingerprint density at radius 1 is 1.42 bits per heavy atom. The number of thiophene rings is 1. The highest BCUT2D eigenvalue weighted by atomic mass is 32.2. The summed E-state index contributed by atoms with van der Waals surface area (Å²) in [5.74, 6) is 0.938. The van der Waals surface area contributed by atoms with Crippen LogP contribution in [0.2, 0.25) is 0 Å². The summed E-state index contributed by atoms with van der Waals surface area (Å²) in [6.07, 6.45) is 1.12. The zero-order valence-electron chi connectivity index (χ0n) is 10.7. The predicted octanol–water partition coefficient (Wildman–Crippen LogP) is 4.08. The smallest absolute Gasteiger partial charge is 0.256 e. The van der Waals surface area contributed by atoms with Crippen LogP contribution in [-0.2, 0) is 0 Å². The fourth-order valence-corrected chi connectivity index (χ4v) is 2.98. The van der Waals surface area contributed by atoms with Crippen molar-refractivity contribution in [2.45, 2.75) is 18.2 Å². The summed E-state index contributed by atoms with van der Waals surface area (Å²) < 4.78 is 0. The minimum atomic E-state index is -0.120. The SMILES string of the molecule is CCCSc1ccc(N)c(NC(=O)c2ccsc2)c1. The van der Waals surface area contributed by atoms with Crippen molar-refractivity contribution in [2.75, 3.05) is 16.8 Å². The highest BCUT2D eigenvalue weighted by molar-refractivity contribution is 7.99. The fourth-order valence-electron chi connectivity index (χ4n) is 1.54. The molecule has 2 aromatic rings. The normalized spacial score (nSPS) is 10.4. The van der Waals surface area contributed by atoms with Crippen molar-refractivity contribution in [3.8, 4) is 0 Å². The van der Waals surface area contributed by atoms with Crippen LogP contribution in [0.25, 0.3) is 0 Å². The van der Waals surface area contributed by atoms with Gasteiger partial charge in [-0.3, -0.25) is 4.79 Å². The first-order valence-corrected chi connectivity index (χ1v) is 7.99. The maximum Gasteiger partial charge on any atom is 0.256 e. The van der Waals surface area contributed by atoms with Gasteiger partial charge in [0.2, 0.25) is 0 Å². The molecule has 1 aromatic heterocycles. The summed E-state index contributed by atoms with van der Waals surface area (Å²) in [5, 5.41) is 6.56. The number of nitrogen functional groups attached to an aromatic ring is 1. The Bertz CT molecular complexity index is 553. The van der Waals surface area contributed by atoms with Crippen LogP contribution < -0.4 is 11.1 Å². The first kappa shape index (κ1) is 14.0. The average molecular weight is 292 g/mol. The number of amides is 1. The second kappa shape index (κ2) is 6.63. The Hall–Kier alpha value is -1.46. The van der Waals surface area contributed by atoms with Gasteiger partial charge in [-0.1, -0.05) is 6.92 Å². The molecule has 3 nitrogen and oxygen atoms in total. The van der Waals surface area contributed by atoms with Gasteiger partial charge in [0.1, 0.15) is 0 Å². The maximum absolute atomic E-state index is 12.0. The molecule has 0 aliphatic rings. The lowest BCUT2D eigenvalue weighted by Crippen LogP contribution is -2.12. The first-order valence-electron chi connectivity index (χ1n) is 6.06. The van der Waals surface area contributed by atoms with E-state index in [1.807, 2.05) is 29.0 Å². The Labute approximate surface area is 121 Å². The quantitative estimate of drug-likeness (QED) is 0.645. The van der Waals surface area contributed by atoms with Crippen LogP contribution in [-0.4, -0.2) is 11.7 Å². The molecule has 2 rings (SSSR count). The second-order valence-electron chi connectivity index (χ2n) is 4.06. The molecule has 0 saturated heterocycles. The van der Waals surface area contributed by atoms with E-state index in [4.69, 9.17) is 5.73 Å². The Morgan fingerprint density at radius 3 is 2.95 bits per heavy atom. The molecule has 0 spiro atoms. The summed E-state index contributed by atoms with van der Waals surface area (Å²) >= 11 is 3.26. The molecule has 1 heterocycles. The fraction of sp³-hybridized carbons (Fsp3) is 0.214. The summed E-state index contributed by atoms with van der Waals surface area (Å²) in [6.45, 7) is 2.14. The summed E-state index contributed by atoms with van der Waals surface area (Å²) in [7, 11) is 0.